The van der Waals surface area contributed by atoms with Crippen LogP contribution in [0.5, 0.6) is 5.88 Å². The van der Waals surface area contributed by atoms with E-state index in [2.05, 4.69) is 4.99 Å². The van der Waals surface area contributed by atoms with Crippen LogP contribution in [0.4, 0.5) is 0 Å². The van der Waals surface area contributed by atoms with Crippen LogP contribution in [0.1, 0.15) is 26.3 Å². The smallest absolute Gasteiger partial charge is 0.333 e. The van der Waals surface area contributed by atoms with E-state index in [4.69, 9.17) is 18.9 Å². The Bertz CT molecular complexity index is 1100. The van der Waals surface area contributed by atoms with Gasteiger partial charge in [-0.1, -0.05) is 0 Å². The molecule has 2 rings (SSSR count). The van der Waals surface area contributed by atoms with Crippen molar-refractivity contribution in [2.45, 2.75) is 50.6 Å². The van der Waals surface area contributed by atoms with Crippen LogP contribution in [0.2, 0.25) is 0 Å². The Balaban J connectivity index is 2.56. The summed E-state index contributed by atoms with van der Waals surface area (Å²) < 4.78 is 23.4. The molecule has 0 aliphatic carbocycles. The number of aromatic hydroxyl groups is 1. The average molecular weight is 502 g/mol. The summed E-state index contributed by atoms with van der Waals surface area (Å²) in [5.41, 5.74) is -2.60. The molecule has 1 aromatic rings. The molecule has 1 N–H and O–H groups in total. The lowest BCUT2D eigenvalue weighted by molar-refractivity contribution is -0.208. The Morgan fingerprint density at radius 1 is 1.06 bits per heavy atom. The average Bonchev–Trinajstić information content (AvgIpc) is 2.76. The summed E-state index contributed by atoms with van der Waals surface area (Å²) in [6.07, 6.45) is -0.608. The molecule has 1 aromatic heterocycles. The summed E-state index contributed by atoms with van der Waals surface area (Å²) in [5, 5.41) is 10.3. The Kier molecular flexibility index (Phi) is 9.04. The third-order valence-corrected chi connectivity index (χ3v) is 5.80. The lowest BCUT2D eigenvalue weighted by atomic mass is 9.97. The van der Waals surface area contributed by atoms with E-state index in [1.54, 1.807) is 6.26 Å². The number of hydrogen-bond acceptors (Lipinski definition) is 12. The zero-order valence-electron chi connectivity index (χ0n) is 19.5. The maximum absolute atomic E-state index is 12.5. The minimum atomic E-state index is -1.19. The van der Waals surface area contributed by atoms with Crippen molar-refractivity contribution in [3.8, 4) is 5.88 Å². The van der Waals surface area contributed by atoms with Crippen LogP contribution < -0.4 is 11.2 Å². The molecular weight excluding hydrogens is 474 g/mol. The molecule has 0 unspecified atom stereocenters. The van der Waals surface area contributed by atoms with Crippen molar-refractivity contribution < 1.29 is 38.4 Å². The third kappa shape index (κ3) is 6.05. The first-order valence-corrected chi connectivity index (χ1v) is 11.4. The number of rotatable bonds is 7. The zero-order chi connectivity index (χ0) is 25.7. The quantitative estimate of drug-likeness (QED) is 0.279. The number of aromatic nitrogens is 2. The number of carbonyl (C=O) groups is 3. The Morgan fingerprint density at radius 3 is 2.18 bits per heavy atom. The molecule has 0 radical (unpaired) electrons. The lowest BCUT2D eigenvalue weighted by Crippen LogP contribution is -2.60. The van der Waals surface area contributed by atoms with Gasteiger partial charge < -0.3 is 24.1 Å². The van der Waals surface area contributed by atoms with Crippen molar-refractivity contribution in [2.75, 3.05) is 12.9 Å². The van der Waals surface area contributed by atoms with Gasteiger partial charge in [0, 0.05) is 41.1 Å². The van der Waals surface area contributed by atoms with E-state index in [1.807, 2.05) is 0 Å². The summed E-state index contributed by atoms with van der Waals surface area (Å²) in [5.74, 6) is -2.59. The van der Waals surface area contributed by atoms with Gasteiger partial charge in [-0.05, 0) is 6.26 Å². The summed E-state index contributed by atoms with van der Waals surface area (Å²) in [7, 11) is 2.52. The molecule has 0 spiro atoms. The van der Waals surface area contributed by atoms with Gasteiger partial charge in [-0.2, -0.15) is 0 Å². The summed E-state index contributed by atoms with van der Waals surface area (Å²) >= 11 is 1.19. The van der Waals surface area contributed by atoms with Gasteiger partial charge in [-0.3, -0.25) is 33.3 Å². The van der Waals surface area contributed by atoms with Crippen LogP contribution in [-0.4, -0.2) is 81.0 Å². The lowest BCUT2D eigenvalue weighted by Gasteiger charge is -2.43. The molecule has 1 saturated heterocycles. The third-order valence-electron chi connectivity index (χ3n) is 4.95. The molecule has 2 heterocycles. The van der Waals surface area contributed by atoms with Crippen LogP contribution in [0.15, 0.2) is 14.6 Å². The number of thioether (sulfide) groups is 1. The Hall–Kier alpha value is -3.13. The monoisotopic (exact) mass is 501 g/mol. The molecule has 1 fully saturated rings. The van der Waals surface area contributed by atoms with E-state index in [1.165, 1.54) is 32.8 Å². The molecule has 0 bridgehead atoms. The fourth-order valence-corrected chi connectivity index (χ4v) is 4.13. The Labute approximate surface area is 198 Å². The van der Waals surface area contributed by atoms with Crippen LogP contribution >= 0.6 is 11.8 Å². The van der Waals surface area contributed by atoms with Gasteiger partial charge in [0.05, 0.1) is 0 Å². The van der Waals surface area contributed by atoms with Crippen molar-refractivity contribution in [3.63, 3.8) is 0 Å². The summed E-state index contributed by atoms with van der Waals surface area (Å²) in [6.45, 7) is 3.23. The Morgan fingerprint density at radius 2 is 1.65 bits per heavy atom. The number of esters is 3. The van der Waals surface area contributed by atoms with Gasteiger partial charge in [-0.15, -0.1) is 11.8 Å². The van der Waals surface area contributed by atoms with Gasteiger partial charge >= 0.3 is 23.6 Å². The van der Waals surface area contributed by atoms with E-state index in [0.717, 1.165) is 29.2 Å². The first kappa shape index (κ1) is 27.1. The van der Waals surface area contributed by atoms with Gasteiger partial charge in [-0.25, -0.2) is 4.79 Å². The van der Waals surface area contributed by atoms with E-state index < -0.39 is 64.8 Å². The molecular formula is C20H27N3O10S. The van der Waals surface area contributed by atoms with E-state index >= 15 is 0 Å². The first-order valence-electron chi connectivity index (χ1n) is 10.1. The summed E-state index contributed by atoms with van der Waals surface area (Å²) in [4.78, 5) is 63.8. The molecule has 1 aliphatic heterocycles. The van der Waals surface area contributed by atoms with E-state index in [-0.39, 0.29) is 12.2 Å². The predicted molar refractivity (Wildman–Crippen MR) is 120 cm³/mol. The first-order chi connectivity index (χ1) is 15.9. The largest absolute Gasteiger partial charge is 0.494 e. The van der Waals surface area contributed by atoms with Crippen LogP contribution in [-0.2, 0) is 47.4 Å². The van der Waals surface area contributed by atoms with E-state index in [9.17, 15) is 29.1 Å². The predicted octanol–water partition coefficient (Wildman–Crippen LogP) is -0.908. The number of nitrogens with zero attached hydrogens (tertiary/aromatic N) is 3. The van der Waals surface area contributed by atoms with Crippen LogP contribution in [0.3, 0.4) is 0 Å². The van der Waals surface area contributed by atoms with Crippen LogP contribution in [0.25, 0.3) is 0 Å². The molecule has 5 atom stereocenters. The highest BCUT2D eigenvalue weighted by atomic mass is 32.2. The second-order valence-corrected chi connectivity index (χ2v) is 8.38. The fourth-order valence-electron chi connectivity index (χ4n) is 3.37. The molecule has 0 aromatic carbocycles. The molecule has 188 valence electrons. The minimum absolute atomic E-state index is 0.277. The molecule has 13 nitrogen and oxygen atoms in total. The topological polar surface area (TPSA) is 165 Å². The van der Waals surface area contributed by atoms with Gasteiger partial charge in [0.1, 0.15) is 29.8 Å². The van der Waals surface area contributed by atoms with Crippen molar-refractivity contribution in [2.24, 2.45) is 19.1 Å². The number of aliphatic imine (C=N–C) groups is 1. The van der Waals surface area contributed by atoms with Crippen molar-refractivity contribution >= 4 is 35.9 Å². The summed E-state index contributed by atoms with van der Waals surface area (Å²) in [6, 6.07) is -1.00. The van der Waals surface area contributed by atoms with Gasteiger partial charge in [0.25, 0.3) is 5.56 Å². The van der Waals surface area contributed by atoms with E-state index in [0.29, 0.717) is 0 Å². The fraction of sp³-hybridized carbons (Fsp3) is 0.600. The highest BCUT2D eigenvalue weighted by Crippen LogP contribution is 2.33. The number of hydrogen-bond donors (Lipinski definition) is 1. The van der Waals surface area contributed by atoms with Crippen molar-refractivity contribution in [3.05, 3.63) is 26.4 Å². The molecule has 0 saturated carbocycles. The molecule has 14 heteroatoms. The second kappa shape index (κ2) is 11.3. The van der Waals surface area contributed by atoms with Crippen LogP contribution in [0, 0.1) is 0 Å². The second-order valence-electron chi connectivity index (χ2n) is 7.44. The van der Waals surface area contributed by atoms with Crippen molar-refractivity contribution in [1.82, 2.24) is 9.13 Å². The minimum Gasteiger partial charge on any atom is -0.494 e. The SMILES string of the molecule is CS[C@@H]1O[C@H](COC(C)=O)[C@@H](OC(C)=O)[C@H](OC(C)=O)[C@H]1N=Cc1c(O)n(C)c(=O)n(C)c1=O. The maximum atomic E-state index is 12.5. The number of carbonyl (C=O) groups excluding carboxylic acids is 3. The van der Waals surface area contributed by atoms with Crippen molar-refractivity contribution in [1.29, 1.82) is 0 Å². The molecule has 0 amide bonds. The number of ether oxygens (including phenoxy) is 4. The highest BCUT2D eigenvalue weighted by Gasteiger charge is 2.50. The normalized spacial score (nSPS) is 24.6. The van der Waals surface area contributed by atoms with Gasteiger partial charge in [0.15, 0.2) is 12.2 Å². The standard InChI is InChI=1S/C20H27N3O10S/c1-9(24)30-8-13-15(31-10(2)25)16(32-11(3)26)14(19(33-13)34-6)21-7-12-17(27)22(4)20(29)23(5)18(12)28/h7,13-16,19,27H,8H2,1-6H3/t13-,14-,15-,16-,19+/m1/s1. The maximum Gasteiger partial charge on any atom is 0.333 e. The molecule has 34 heavy (non-hydrogen) atoms. The highest BCUT2D eigenvalue weighted by molar-refractivity contribution is 7.99. The zero-order valence-corrected chi connectivity index (χ0v) is 20.4. The van der Waals surface area contributed by atoms with Gasteiger partial charge in [0.2, 0.25) is 5.88 Å². The molecule has 1 aliphatic rings.